The molecule has 0 saturated heterocycles. The van der Waals surface area contributed by atoms with Crippen LogP contribution in [0, 0.1) is 18.6 Å². The van der Waals surface area contributed by atoms with E-state index in [-0.39, 0.29) is 24.0 Å². The zero-order chi connectivity index (χ0) is 16.7. The van der Waals surface area contributed by atoms with E-state index in [2.05, 4.69) is 39.9 Å². The van der Waals surface area contributed by atoms with Crippen molar-refractivity contribution in [2.24, 2.45) is 4.99 Å². The summed E-state index contributed by atoms with van der Waals surface area (Å²) in [6.07, 6.45) is 0.384. The Morgan fingerprint density at radius 2 is 1.75 bits per heavy atom. The molecular formula is C18H22F2IN3. The van der Waals surface area contributed by atoms with Crippen LogP contribution < -0.4 is 10.6 Å². The summed E-state index contributed by atoms with van der Waals surface area (Å²) < 4.78 is 26.7. The van der Waals surface area contributed by atoms with Gasteiger partial charge in [0.1, 0.15) is 0 Å². The lowest BCUT2D eigenvalue weighted by Gasteiger charge is -2.12. The fourth-order valence-corrected chi connectivity index (χ4v) is 2.17. The molecule has 0 spiro atoms. The third-order valence-electron chi connectivity index (χ3n) is 3.52. The molecule has 24 heavy (non-hydrogen) atoms. The fraction of sp³-hybridized carbons (Fsp3) is 0.278. The molecule has 2 N–H and O–H groups in total. The van der Waals surface area contributed by atoms with Crippen molar-refractivity contribution in [3.63, 3.8) is 0 Å². The van der Waals surface area contributed by atoms with Gasteiger partial charge in [0.05, 0.1) is 0 Å². The molecule has 0 aliphatic carbocycles. The van der Waals surface area contributed by atoms with Crippen LogP contribution in [0.15, 0.2) is 47.5 Å². The zero-order valence-electron chi connectivity index (χ0n) is 13.8. The van der Waals surface area contributed by atoms with E-state index in [1.54, 1.807) is 13.1 Å². The van der Waals surface area contributed by atoms with Crippen LogP contribution in [0.4, 0.5) is 8.78 Å². The molecule has 2 aromatic carbocycles. The van der Waals surface area contributed by atoms with E-state index in [1.165, 1.54) is 11.6 Å². The Balaban J connectivity index is 0.00000288. The van der Waals surface area contributed by atoms with Crippen molar-refractivity contribution in [1.82, 2.24) is 10.6 Å². The molecule has 0 heterocycles. The van der Waals surface area contributed by atoms with E-state index >= 15 is 0 Å². The third kappa shape index (κ3) is 6.07. The van der Waals surface area contributed by atoms with Gasteiger partial charge in [-0.3, -0.25) is 4.99 Å². The minimum absolute atomic E-state index is 0. The lowest BCUT2D eigenvalue weighted by molar-refractivity contribution is 0.498. The monoisotopic (exact) mass is 445 g/mol. The molecule has 0 unspecified atom stereocenters. The minimum atomic E-state index is -0.815. The number of hydrogen-bond acceptors (Lipinski definition) is 1. The predicted molar refractivity (Wildman–Crippen MR) is 105 cm³/mol. The van der Waals surface area contributed by atoms with Gasteiger partial charge in [-0.05, 0) is 30.5 Å². The molecule has 0 atom stereocenters. The van der Waals surface area contributed by atoms with E-state index in [9.17, 15) is 8.78 Å². The summed E-state index contributed by atoms with van der Waals surface area (Å²) in [6.45, 7) is 3.16. The molecule has 2 rings (SSSR count). The van der Waals surface area contributed by atoms with Crippen LogP contribution in [0.5, 0.6) is 0 Å². The Morgan fingerprint density at radius 3 is 2.42 bits per heavy atom. The molecule has 0 aromatic heterocycles. The van der Waals surface area contributed by atoms with Gasteiger partial charge >= 0.3 is 0 Å². The van der Waals surface area contributed by atoms with E-state index in [0.717, 1.165) is 11.6 Å². The molecule has 6 heteroatoms. The molecule has 0 bridgehead atoms. The number of rotatable bonds is 5. The maximum absolute atomic E-state index is 13.6. The standard InChI is InChI=1S/C18H21F2N3.HI/c1-13-6-8-14(9-7-13)12-23-18(21-2)22-11-10-15-4-3-5-16(19)17(15)20;/h3-9H,10-12H2,1-2H3,(H2,21,22,23);1H. The quantitative estimate of drug-likeness (QED) is 0.418. The SMILES string of the molecule is CN=C(NCCc1cccc(F)c1F)NCc1ccc(C)cc1.I. The van der Waals surface area contributed by atoms with Crippen LogP contribution in [-0.4, -0.2) is 19.6 Å². The topological polar surface area (TPSA) is 36.4 Å². The van der Waals surface area contributed by atoms with Crippen molar-refractivity contribution in [1.29, 1.82) is 0 Å². The summed E-state index contributed by atoms with van der Waals surface area (Å²) in [5.74, 6) is -0.969. The number of nitrogens with zero attached hydrogens (tertiary/aromatic N) is 1. The van der Waals surface area contributed by atoms with Gasteiger partial charge in [0, 0.05) is 20.1 Å². The maximum atomic E-state index is 13.6. The van der Waals surface area contributed by atoms with Crippen LogP contribution in [0.3, 0.4) is 0 Å². The molecule has 0 fully saturated rings. The van der Waals surface area contributed by atoms with Crippen molar-refractivity contribution >= 4 is 29.9 Å². The Bertz CT molecular complexity index is 672. The summed E-state index contributed by atoms with van der Waals surface area (Å²) in [7, 11) is 1.67. The van der Waals surface area contributed by atoms with Crippen molar-refractivity contribution in [2.75, 3.05) is 13.6 Å². The Labute approximate surface area is 158 Å². The summed E-state index contributed by atoms with van der Waals surface area (Å²) >= 11 is 0. The Hall–Kier alpha value is -1.70. The number of nitrogens with one attached hydrogen (secondary N) is 2. The molecule has 0 aliphatic rings. The molecule has 2 aromatic rings. The zero-order valence-corrected chi connectivity index (χ0v) is 16.1. The molecular weight excluding hydrogens is 423 g/mol. The van der Waals surface area contributed by atoms with Gasteiger partial charge in [0.25, 0.3) is 0 Å². The first-order valence-electron chi connectivity index (χ1n) is 7.53. The van der Waals surface area contributed by atoms with Crippen LogP contribution >= 0.6 is 24.0 Å². The van der Waals surface area contributed by atoms with Gasteiger partial charge in [0.15, 0.2) is 17.6 Å². The average molecular weight is 445 g/mol. The van der Waals surface area contributed by atoms with Crippen molar-refractivity contribution in [2.45, 2.75) is 19.9 Å². The highest BCUT2D eigenvalue weighted by molar-refractivity contribution is 14.0. The number of aliphatic imine (C=N–C) groups is 1. The Kier molecular flexibility index (Phi) is 8.67. The van der Waals surface area contributed by atoms with E-state index in [1.807, 2.05) is 6.92 Å². The highest BCUT2D eigenvalue weighted by atomic mass is 127. The lowest BCUT2D eigenvalue weighted by atomic mass is 10.1. The maximum Gasteiger partial charge on any atom is 0.191 e. The van der Waals surface area contributed by atoms with E-state index in [4.69, 9.17) is 0 Å². The van der Waals surface area contributed by atoms with Gasteiger partial charge in [0.2, 0.25) is 0 Å². The fourth-order valence-electron chi connectivity index (χ4n) is 2.17. The summed E-state index contributed by atoms with van der Waals surface area (Å²) in [5.41, 5.74) is 2.72. The summed E-state index contributed by atoms with van der Waals surface area (Å²) in [6, 6.07) is 12.4. The van der Waals surface area contributed by atoms with Crippen molar-refractivity contribution in [3.8, 4) is 0 Å². The third-order valence-corrected chi connectivity index (χ3v) is 3.52. The minimum Gasteiger partial charge on any atom is -0.356 e. The van der Waals surface area contributed by atoms with Crippen molar-refractivity contribution in [3.05, 3.63) is 70.8 Å². The van der Waals surface area contributed by atoms with Gasteiger partial charge in [-0.2, -0.15) is 0 Å². The van der Waals surface area contributed by atoms with Gasteiger partial charge < -0.3 is 10.6 Å². The second kappa shape index (κ2) is 10.2. The van der Waals surface area contributed by atoms with Crippen molar-refractivity contribution < 1.29 is 8.78 Å². The Morgan fingerprint density at radius 1 is 1.04 bits per heavy atom. The lowest BCUT2D eigenvalue weighted by Crippen LogP contribution is -2.37. The number of aryl methyl sites for hydroxylation is 1. The van der Waals surface area contributed by atoms with E-state index < -0.39 is 11.6 Å². The predicted octanol–water partition coefficient (Wildman–Crippen LogP) is 3.80. The largest absolute Gasteiger partial charge is 0.356 e. The molecule has 3 nitrogen and oxygen atoms in total. The molecule has 130 valence electrons. The number of guanidine groups is 1. The summed E-state index contributed by atoms with van der Waals surface area (Å²) in [5, 5.41) is 6.28. The molecule has 0 saturated carbocycles. The molecule has 0 aliphatic heterocycles. The highest BCUT2D eigenvalue weighted by Gasteiger charge is 2.07. The number of hydrogen-bond donors (Lipinski definition) is 2. The van der Waals surface area contributed by atoms with Crippen LogP contribution in [-0.2, 0) is 13.0 Å². The van der Waals surface area contributed by atoms with E-state index in [0.29, 0.717) is 31.0 Å². The smallest absolute Gasteiger partial charge is 0.191 e. The molecule has 0 amide bonds. The highest BCUT2D eigenvalue weighted by Crippen LogP contribution is 2.11. The second-order valence-electron chi connectivity index (χ2n) is 5.30. The first kappa shape index (κ1) is 20.3. The normalized spacial score (nSPS) is 10.9. The van der Waals surface area contributed by atoms with Gasteiger partial charge in [-0.1, -0.05) is 42.0 Å². The molecule has 0 radical (unpaired) electrons. The number of benzene rings is 2. The van der Waals surface area contributed by atoms with Gasteiger partial charge in [-0.15, -0.1) is 24.0 Å². The van der Waals surface area contributed by atoms with Crippen LogP contribution in [0.1, 0.15) is 16.7 Å². The van der Waals surface area contributed by atoms with Crippen LogP contribution in [0.2, 0.25) is 0 Å². The van der Waals surface area contributed by atoms with Crippen LogP contribution in [0.25, 0.3) is 0 Å². The average Bonchev–Trinajstić information content (AvgIpc) is 2.56. The first-order chi connectivity index (χ1) is 11.1. The summed E-state index contributed by atoms with van der Waals surface area (Å²) in [4.78, 5) is 4.12. The number of halogens is 3. The van der Waals surface area contributed by atoms with Gasteiger partial charge in [-0.25, -0.2) is 8.78 Å². The first-order valence-corrected chi connectivity index (χ1v) is 7.53. The second-order valence-corrected chi connectivity index (χ2v) is 5.30.